The van der Waals surface area contributed by atoms with Gasteiger partial charge >= 0.3 is 6.03 Å². The minimum atomic E-state index is -0.734. The molecule has 0 aliphatic rings. The fraction of sp³-hybridized carbons (Fsp3) is 0.0667. The number of carbonyl (C=O) groups excluding carboxylic acids is 1. The highest BCUT2D eigenvalue weighted by molar-refractivity contribution is 6.35. The van der Waals surface area contributed by atoms with Crippen molar-refractivity contribution in [2.24, 2.45) is 10.8 Å². The van der Waals surface area contributed by atoms with E-state index in [1.807, 2.05) is 12.1 Å². The van der Waals surface area contributed by atoms with Gasteiger partial charge in [-0.2, -0.15) is 5.10 Å². The third kappa shape index (κ3) is 4.65. The summed E-state index contributed by atoms with van der Waals surface area (Å²) in [6.07, 6.45) is 1.45. The molecule has 0 aliphatic heterocycles. The van der Waals surface area contributed by atoms with E-state index in [-0.39, 0.29) is 6.61 Å². The van der Waals surface area contributed by atoms with Gasteiger partial charge in [-0.05, 0) is 24.3 Å². The molecule has 5 nitrogen and oxygen atoms in total. The summed E-state index contributed by atoms with van der Waals surface area (Å²) >= 11 is 12.0. The number of nitrogens with zero attached hydrogens (tertiary/aromatic N) is 1. The van der Waals surface area contributed by atoms with E-state index in [0.29, 0.717) is 21.4 Å². The van der Waals surface area contributed by atoms with Gasteiger partial charge in [-0.1, -0.05) is 41.4 Å². The summed E-state index contributed by atoms with van der Waals surface area (Å²) in [4.78, 5) is 10.6. The van der Waals surface area contributed by atoms with Gasteiger partial charge in [0.15, 0.2) is 0 Å². The normalized spacial score (nSPS) is 10.6. The van der Waals surface area contributed by atoms with Gasteiger partial charge in [0, 0.05) is 21.2 Å². The maximum Gasteiger partial charge on any atom is 0.332 e. The number of urea groups is 1. The number of para-hydroxylation sites is 1. The van der Waals surface area contributed by atoms with Gasteiger partial charge in [-0.3, -0.25) is 0 Å². The number of rotatable bonds is 5. The van der Waals surface area contributed by atoms with Crippen molar-refractivity contribution in [2.45, 2.75) is 6.61 Å². The minimum absolute atomic E-state index is 0.282. The first kappa shape index (κ1) is 16.1. The molecular formula is C15H13Cl2N3O2. The molecule has 0 aliphatic carbocycles. The first-order chi connectivity index (χ1) is 10.6. The smallest absolute Gasteiger partial charge is 0.332 e. The van der Waals surface area contributed by atoms with Crippen LogP contribution in [0.2, 0.25) is 10.0 Å². The molecule has 2 aromatic carbocycles. The Hall–Kier alpha value is -2.24. The number of benzene rings is 2. The molecule has 0 radical (unpaired) electrons. The molecule has 0 saturated carbocycles. The average molecular weight is 338 g/mol. The molecule has 2 aromatic rings. The lowest BCUT2D eigenvalue weighted by Gasteiger charge is -2.10. The molecule has 0 saturated heterocycles. The molecule has 3 N–H and O–H groups in total. The van der Waals surface area contributed by atoms with Crippen LogP contribution in [0.25, 0.3) is 0 Å². The molecule has 2 amide bonds. The zero-order chi connectivity index (χ0) is 15.9. The van der Waals surface area contributed by atoms with Crippen molar-refractivity contribution in [2.75, 3.05) is 0 Å². The third-order valence-electron chi connectivity index (χ3n) is 2.70. The van der Waals surface area contributed by atoms with Gasteiger partial charge in [0.2, 0.25) is 0 Å². The Bertz CT molecular complexity index is 705. The van der Waals surface area contributed by atoms with Gasteiger partial charge in [0.25, 0.3) is 0 Å². The van der Waals surface area contributed by atoms with Crippen molar-refractivity contribution >= 4 is 35.4 Å². The number of primary amides is 1. The van der Waals surface area contributed by atoms with Crippen LogP contribution in [-0.2, 0) is 6.61 Å². The van der Waals surface area contributed by atoms with Crippen LogP contribution < -0.4 is 15.9 Å². The molecule has 0 aromatic heterocycles. The van der Waals surface area contributed by atoms with Crippen LogP contribution in [0, 0.1) is 0 Å². The van der Waals surface area contributed by atoms with Crippen molar-refractivity contribution in [3.05, 3.63) is 63.6 Å². The predicted molar refractivity (Wildman–Crippen MR) is 87.5 cm³/mol. The number of ether oxygens (including phenoxy) is 1. The molecular weight excluding hydrogens is 325 g/mol. The number of nitrogens with two attached hydrogens (primary N) is 1. The maximum absolute atomic E-state index is 10.6. The number of carbonyl (C=O) groups is 1. The summed E-state index contributed by atoms with van der Waals surface area (Å²) in [6.45, 7) is 0.282. The topological polar surface area (TPSA) is 76.7 Å². The maximum atomic E-state index is 10.6. The lowest BCUT2D eigenvalue weighted by Crippen LogP contribution is -2.24. The Kier molecular flexibility index (Phi) is 5.63. The Balaban J connectivity index is 2.09. The fourth-order valence-corrected chi connectivity index (χ4v) is 2.14. The molecule has 0 fully saturated rings. The lowest BCUT2D eigenvalue weighted by molar-refractivity contribution is 0.249. The minimum Gasteiger partial charge on any atom is -0.488 e. The Morgan fingerprint density at radius 1 is 1.27 bits per heavy atom. The van der Waals surface area contributed by atoms with E-state index >= 15 is 0 Å². The van der Waals surface area contributed by atoms with Crippen molar-refractivity contribution in [3.63, 3.8) is 0 Å². The van der Waals surface area contributed by atoms with E-state index in [4.69, 9.17) is 33.7 Å². The SMILES string of the molecule is NC(=O)N/N=C\c1ccccc1OCc1ccc(Cl)cc1Cl. The molecule has 2 rings (SSSR count). The summed E-state index contributed by atoms with van der Waals surface area (Å²) in [6, 6.07) is 11.7. The average Bonchev–Trinajstić information content (AvgIpc) is 2.47. The number of nitrogens with one attached hydrogen (secondary N) is 1. The quantitative estimate of drug-likeness (QED) is 0.646. The largest absolute Gasteiger partial charge is 0.488 e. The number of hydrogen-bond donors (Lipinski definition) is 2. The van der Waals surface area contributed by atoms with Crippen LogP contribution in [0.15, 0.2) is 47.6 Å². The van der Waals surface area contributed by atoms with Crippen LogP contribution in [0.5, 0.6) is 5.75 Å². The van der Waals surface area contributed by atoms with E-state index in [2.05, 4.69) is 10.5 Å². The number of hydrazone groups is 1. The molecule has 22 heavy (non-hydrogen) atoms. The molecule has 0 atom stereocenters. The van der Waals surface area contributed by atoms with E-state index in [9.17, 15) is 4.79 Å². The van der Waals surface area contributed by atoms with Gasteiger partial charge in [0.05, 0.1) is 6.21 Å². The highest BCUT2D eigenvalue weighted by Gasteiger charge is 2.05. The number of amides is 2. The van der Waals surface area contributed by atoms with E-state index < -0.39 is 6.03 Å². The molecule has 0 heterocycles. The first-order valence-electron chi connectivity index (χ1n) is 6.30. The molecule has 114 valence electrons. The van der Waals surface area contributed by atoms with Crippen molar-refractivity contribution in [3.8, 4) is 5.75 Å². The summed E-state index contributed by atoms with van der Waals surface area (Å²) in [7, 11) is 0. The second kappa shape index (κ2) is 7.68. The Morgan fingerprint density at radius 2 is 2.05 bits per heavy atom. The van der Waals surface area contributed by atoms with Gasteiger partial charge in [-0.25, -0.2) is 10.2 Å². The van der Waals surface area contributed by atoms with Crippen LogP contribution in [0.4, 0.5) is 4.79 Å². The first-order valence-corrected chi connectivity index (χ1v) is 7.06. The molecule has 7 heteroatoms. The predicted octanol–water partition coefficient (Wildman–Crippen LogP) is 3.57. The van der Waals surface area contributed by atoms with E-state index in [1.54, 1.807) is 30.3 Å². The van der Waals surface area contributed by atoms with E-state index in [1.165, 1.54) is 6.21 Å². The number of hydrogen-bond acceptors (Lipinski definition) is 3. The van der Waals surface area contributed by atoms with Crippen molar-refractivity contribution in [1.82, 2.24) is 5.43 Å². The van der Waals surface area contributed by atoms with Gasteiger partial charge in [-0.15, -0.1) is 0 Å². The van der Waals surface area contributed by atoms with E-state index in [0.717, 1.165) is 5.56 Å². The summed E-state index contributed by atoms with van der Waals surface area (Å²) in [5.74, 6) is 0.600. The van der Waals surface area contributed by atoms with Crippen molar-refractivity contribution < 1.29 is 9.53 Å². The highest BCUT2D eigenvalue weighted by Crippen LogP contribution is 2.23. The third-order valence-corrected chi connectivity index (χ3v) is 3.28. The second-order valence-corrected chi connectivity index (χ2v) is 5.14. The summed E-state index contributed by atoms with van der Waals surface area (Å²) in [5.41, 5.74) is 8.57. The zero-order valence-electron chi connectivity index (χ0n) is 11.4. The molecule has 0 unspecified atom stereocenters. The standard InChI is InChI=1S/C15H13Cl2N3O2/c16-12-6-5-11(13(17)7-12)9-22-14-4-2-1-3-10(14)8-19-20-15(18)21/h1-8H,9H2,(H3,18,20,21)/b19-8-. The van der Waals surface area contributed by atoms with Crippen LogP contribution in [0.1, 0.15) is 11.1 Å². The Morgan fingerprint density at radius 3 is 2.77 bits per heavy atom. The lowest BCUT2D eigenvalue weighted by atomic mass is 10.2. The summed E-state index contributed by atoms with van der Waals surface area (Å²) < 4.78 is 5.74. The van der Waals surface area contributed by atoms with Crippen LogP contribution >= 0.6 is 23.2 Å². The van der Waals surface area contributed by atoms with Crippen LogP contribution in [-0.4, -0.2) is 12.2 Å². The highest BCUT2D eigenvalue weighted by atomic mass is 35.5. The second-order valence-electron chi connectivity index (χ2n) is 4.30. The molecule has 0 spiro atoms. The van der Waals surface area contributed by atoms with Crippen LogP contribution in [0.3, 0.4) is 0 Å². The zero-order valence-corrected chi connectivity index (χ0v) is 12.9. The van der Waals surface area contributed by atoms with Crippen molar-refractivity contribution in [1.29, 1.82) is 0 Å². The van der Waals surface area contributed by atoms with Gasteiger partial charge in [0.1, 0.15) is 12.4 Å². The van der Waals surface area contributed by atoms with Gasteiger partial charge < -0.3 is 10.5 Å². The fourth-order valence-electron chi connectivity index (χ4n) is 1.68. The summed E-state index contributed by atoms with van der Waals surface area (Å²) in [5, 5.41) is 4.82. The monoisotopic (exact) mass is 337 g/mol. The number of halogens is 2. The Labute approximate surface area is 137 Å². The molecule has 0 bridgehead atoms.